The molecule has 22 heavy (non-hydrogen) atoms. The van der Waals surface area contributed by atoms with Gasteiger partial charge in [-0.05, 0) is 46.6 Å². The van der Waals surface area contributed by atoms with E-state index in [0.29, 0.717) is 19.5 Å². The first-order valence-electron chi connectivity index (χ1n) is 6.52. The van der Waals surface area contributed by atoms with Gasteiger partial charge < -0.3 is 10.2 Å². The van der Waals surface area contributed by atoms with Gasteiger partial charge in [0.1, 0.15) is 0 Å². The van der Waals surface area contributed by atoms with E-state index in [1.165, 1.54) is 44.3 Å². The number of carboxylic acid groups (broad SMARTS) is 2. The first-order chi connectivity index (χ1) is 10.5. The van der Waals surface area contributed by atoms with Crippen LogP contribution in [0.4, 0.5) is 0 Å². The standard InChI is InChI=1S/C14H14O4S4/c1-3-7-5-9(11(15)16)13(19-7)21-22-14-10(12(17)18)6-8(4-2)20-14/h5-6H,3-4H2,1-2H3,(H,15,16)(H,17,18). The molecule has 0 spiro atoms. The summed E-state index contributed by atoms with van der Waals surface area (Å²) < 4.78 is 1.41. The van der Waals surface area contributed by atoms with Gasteiger partial charge in [-0.15, -0.1) is 22.7 Å². The quantitative estimate of drug-likeness (QED) is 0.654. The Morgan fingerprint density at radius 3 is 1.55 bits per heavy atom. The molecule has 0 aliphatic rings. The van der Waals surface area contributed by atoms with Gasteiger partial charge >= 0.3 is 11.9 Å². The van der Waals surface area contributed by atoms with Crippen LogP contribution in [0.5, 0.6) is 0 Å². The van der Waals surface area contributed by atoms with Crippen LogP contribution in [0, 0.1) is 0 Å². The van der Waals surface area contributed by atoms with Crippen LogP contribution in [-0.4, -0.2) is 22.2 Å². The lowest BCUT2D eigenvalue weighted by atomic mass is 10.3. The minimum Gasteiger partial charge on any atom is -0.478 e. The van der Waals surface area contributed by atoms with Gasteiger partial charge in [0.05, 0.1) is 19.5 Å². The monoisotopic (exact) mass is 374 g/mol. The van der Waals surface area contributed by atoms with Crippen molar-refractivity contribution in [2.45, 2.75) is 35.1 Å². The molecule has 0 saturated heterocycles. The second-order valence-corrected chi connectivity index (χ2v) is 9.25. The van der Waals surface area contributed by atoms with Crippen molar-refractivity contribution < 1.29 is 19.8 Å². The molecule has 0 radical (unpaired) electrons. The molecule has 0 atom stereocenters. The molecule has 8 heteroatoms. The van der Waals surface area contributed by atoms with Crippen molar-refractivity contribution in [2.24, 2.45) is 0 Å². The van der Waals surface area contributed by atoms with Crippen LogP contribution >= 0.6 is 44.3 Å². The maximum absolute atomic E-state index is 11.3. The molecule has 0 amide bonds. The highest BCUT2D eigenvalue weighted by molar-refractivity contribution is 8.77. The third-order valence-electron chi connectivity index (χ3n) is 2.85. The van der Waals surface area contributed by atoms with Crippen molar-refractivity contribution in [3.8, 4) is 0 Å². The Labute approximate surface area is 144 Å². The van der Waals surface area contributed by atoms with E-state index in [-0.39, 0.29) is 0 Å². The Morgan fingerprint density at radius 2 is 1.27 bits per heavy atom. The maximum Gasteiger partial charge on any atom is 0.337 e. The van der Waals surface area contributed by atoms with Crippen molar-refractivity contribution >= 4 is 56.2 Å². The van der Waals surface area contributed by atoms with Gasteiger partial charge in [-0.3, -0.25) is 0 Å². The Morgan fingerprint density at radius 1 is 0.909 bits per heavy atom. The zero-order valence-corrected chi connectivity index (χ0v) is 15.2. The minimum atomic E-state index is -0.946. The van der Waals surface area contributed by atoms with Crippen LogP contribution in [-0.2, 0) is 12.8 Å². The molecule has 2 heterocycles. The average Bonchev–Trinajstić information content (AvgIpc) is 3.08. The number of rotatable bonds is 7. The molecule has 0 fully saturated rings. The van der Waals surface area contributed by atoms with Crippen LogP contribution in [0.25, 0.3) is 0 Å². The fourth-order valence-electron chi connectivity index (χ4n) is 1.69. The van der Waals surface area contributed by atoms with Gasteiger partial charge in [-0.2, -0.15) is 0 Å². The number of carboxylic acids is 2. The summed E-state index contributed by atoms with van der Waals surface area (Å²) in [7, 11) is 2.64. The minimum absolute atomic E-state index is 0.295. The van der Waals surface area contributed by atoms with E-state index >= 15 is 0 Å². The van der Waals surface area contributed by atoms with E-state index in [1.807, 2.05) is 13.8 Å². The molecular weight excluding hydrogens is 360 g/mol. The van der Waals surface area contributed by atoms with Gasteiger partial charge in [0.2, 0.25) is 0 Å². The lowest BCUT2D eigenvalue weighted by Gasteiger charge is -1.99. The van der Waals surface area contributed by atoms with E-state index in [2.05, 4.69) is 0 Å². The summed E-state index contributed by atoms with van der Waals surface area (Å²) in [6.07, 6.45) is 1.57. The first kappa shape index (κ1) is 17.4. The summed E-state index contributed by atoms with van der Waals surface area (Å²) in [5.74, 6) is -1.89. The predicted molar refractivity (Wildman–Crippen MR) is 93.0 cm³/mol. The van der Waals surface area contributed by atoms with E-state index in [1.54, 1.807) is 12.1 Å². The topological polar surface area (TPSA) is 74.6 Å². The lowest BCUT2D eigenvalue weighted by molar-refractivity contribution is 0.0683. The second kappa shape index (κ2) is 7.54. The zero-order valence-electron chi connectivity index (χ0n) is 11.9. The molecule has 4 nitrogen and oxygen atoms in total. The van der Waals surface area contributed by atoms with E-state index in [9.17, 15) is 19.8 Å². The van der Waals surface area contributed by atoms with Crippen LogP contribution in [0.1, 0.15) is 44.3 Å². The molecule has 2 aromatic rings. The molecule has 0 saturated carbocycles. The Kier molecular flexibility index (Phi) is 5.96. The van der Waals surface area contributed by atoms with Crippen molar-refractivity contribution in [3.63, 3.8) is 0 Å². The summed E-state index contributed by atoms with van der Waals surface area (Å²) in [5.41, 5.74) is 0.590. The molecule has 118 valence electrons. The SMILES string of the molecule is CCc1cc(C(=O)O)c(SSc2sc(CC)cc2C(=O)O)s1. The molecule has 0 unspecified atom stereocenters. The summed E-state index contributed by atoms with van der Waals surface area (Å²) >= 11 is 2.90. The van der Waals surface area contributed by atoms with Crippen molar-refractivity contribution in [1.82, 2.24) is 0 Å². The normalized spacial score (nSPS) is 10.8. The molecule has 0 aromatic carbocycles. The molecule has 0 aliphatic heterocycles. The third kappa shape index (κ3) is 3.87. The van der Waals surface area contributed by atoms with Crippen LogP contribution in [0.15, 0.2) is 20.6 Å². The summed E-state index contributed by atoms with van der Waals surface area (Å²) in [4.78, 5) is 24.6. The molecule has 2 rings (SSSR count). The van der Waals surface area contributed by atoms with Crippen LogP contribution in [0.2, 0.25) is 0 Å². The number of aryl methyl sites for hydroxylation is 2. The van der Waals surface area contributed by atoms with E-state index in [0.717, 1.165) is 22.6 Å². The Bertz CT molecular complexity index is 642. The number of hydrogen-bond acceptors (Lipinski definition) is 6. The number of thiophene rings is 2. The van der Waals surface area contributed by atoms with Gasteiger partial charge in [-0.25, -0.2) is 9.59 Å². The van der Waals surface area contributed by atoms with E-state index < -0.39 is 11.9 Å². The largest absolute Gasteiger partial charge is 0.478 e. The second-order valence-electron chi connectivity index (χ2n) is 4.31. The molecule has 0 aliphatic carbocycles. The molecule has 2 aromatic heterocycles. The fraction of sp³-hybridized carbons (Fsp3) is 0.286. The van der Waals surface area contributed by atoms with Crippen LogP contribution in [0.3, 0.4) is 0 Å². The fourth-order valence-corrected chi connectivity index (χ4v) is 7.08. The highest BCUT2D eigenvalue weighted by atomic mass is 33.1. The number of hydrogen-bond donors (Lipinski definition) is 2. The van der Waals surface area contributed by atoms with E-state index in [4.69, 9.17) is 0 Å². The van der Waals surface area contributed by atoms with Gasteiger partial charge in [0, 0.05) is 9.75 Å². The van der Waals surface area contributed by atoms with Crippen molar-refractivity contribution in [1.29, 1.82) is 0 Å². The number of aromatic carboxylic acids is 2. The third-order valence-corrected chi connectivity index (χ3v) is 8.71. The molecular formula is C14H14O4S4. The highest BCUT2D eigenvalue weighted by Gasteiger charge is 2.19. The summed E-state index contributed by atoms with van der Waals surface area (Å²) in [6, 6.07) is 3.39. The van der Waals surface area contributed by atoms with Crippen molar-refractivity contribution in [2.75, 3.05) is 0 Å². The summed E-state index contributed by atoms with van der Waals surface area (Å²) in [5, 5.41) is 18.5. The average molecular weight is 375 g/mol. The highest BCUT2D eigenvalue weighted by Crippen LogP contribution is 2.47. The summed E-state index contributed by atoms with van der Waals surface area (Å²) in [6.45, 7) is 3.96. The van der Waals surface area contributed by atoms with Gasteiger partial charge in [0.25, 0.3) is 0 Å². The number of carbonyl (C=O) groups is 2. The lowest BCUT2D eigenvalue weighted by Crippen LogP contribution is -1.95. The predicted octanol–water partition coefficient (Wildman–Crippen LogP) is 5.13. The maximum atomic E-state index is 11.3. The Balaban J connectivity index is 2.23. The Hall–Kier alpha value is -0.960. The molecule has 0 bridgehead atoms. The van der Waals surface area contributed by atoms with Crippen LogP contribution < -0.4 is 0 Å². The first-order valence-corrected chi connectivity index (χ1v) is 10.3. The smallest absolute Gasteiger partial charge is 0.337 e. The zero-order chi connectivity index (χ0) is 16.3. The van der Waals surface area contributed by atoms with Crippen molar-refractivity contribution in [3.05, 3.63) is 33.0 Å². The molecule has 2 N–H and O–H groups in total. The van der Waals surface area contributed by atoms with Gasteiger partial charge in [-0.1, -0.05) is 13.8 Å². The van der Waals surface area contributed by atoms with Gasteiger partial charge in [0.15, 0.2) is 0 Å².